The van der Waals surface area contributed by atoms with E-state index in [0.29, 0.717) is 83.7 Å². The maximum absolute atomic E-state index is 12.1. The quantitative estimate of drug-likeness (QED) is 0.0353. The fourth-order valence-electron chi connectivity index (χ4n) is 7.45. The zero-order chi connectivity index (χ0) is 40.0. The Morgan fingerprint density at radius 3 is 1.91 bits per heavy atom. The van der Waals surface area contributed by atoms with Crippen LogP contribution in [0.3, 0.4) is 0 Å². The standard InChI is InChI=1S/C38H44N2O10S4/c1-37(2)27-19-23(53(45,46)47)13-15-29(27)39(17-9-5-7-11-33(41)42)31(37)21-25-35(51)26(36(25)52)22-32-38(3,4)28-20-24(54(48,49)50)14-16-30(28)40(32)18-10-6-8-12-34(43)44/h13-16,19-22H,5-12,17-18H2,1-4H3,(H4-,41,42,43,44,45,46,47,48,49,50,51,52). The predicted molar refractivity (Wildman–Crippen MR) is 211 cm³/mol. The summed E-state index contributed by atoms with van der Waals surface area (Å²) in [5.41, 5.74) is 4.33. The van der Waals surface area contributed by atoms with Crippen molar-refractivity contribution in [1.82, 2.24) is 0 Å². The molecule has 54 heavy (non-hydrogen) atoms. The first-order valence-corrected chi connectivity index (χ1v) is 21.3. The van der Waals surface area contributed by atoms with Gasteiger partial charge in [0.1, 0.15) is 6.54 Å². The molecule has 0 spiro atoms. The number of carboxylic acid groups (broad SMARTS) is 2. The highest BCUT2D eigenvalue weighted by atomic mass is 32.2. The average molecular weight is 817 g/mol. The Hall–Kier alpha value is -3.80. The first-order valence-electron chi connectivity index (χ1n) is 17.6. The molecule has 16 heteroatoms. The minimum Gasteiger partial charge on any atom is -0.778 e. The fourth-order valence-corrected chi connectivity index (χ4v) is 9.23. The lowest BCUT2D eigenvalue weighted by Crippen LogP contribution is -2.31. The molecule has 0 radical (unpaired) electrons. The van der Waals surface area contributed by atoms with Gasteiger partial charge in [-0.1, -0.05) is 32.5 Å². The van der Waals surface area contributed by atoms with E-state index in [2.05, 4.69) is 9.48 Å². The largest absolute Gasteiger partial charge is 0.778 e. The number of anilines is 1. The molecule has 0 amide bonds. The van der Waals surface area contributed by atoms with Crippen LogP contribution in [0.5, 0.6) is 0 Å². The minimum atomic E-state index is -4.47. The van der Waals surface area contributed by atoms with Crippen LogP contribution >= 0.6 is 12.2 Å². The van der Waals surface area contributed by atoms with Crippen LogP contribution in [0.15, 0.2) is 80.1 Å². The van der Waals surface area contributed by atoms with E-state index in [0.717, 1.165) is 22.8 Å². The molecule has 0 saturated heterocycles. The van der Waals surface area contributed by atoms with Gasteiger partial charge in [0.15, 0.2) is 5.71 Å². The van der Waals surface area contributed by atoms with E-state index in [9.17, 15) is 35.5 Å². The van der Waals surface area contributed by atoms with Crippen molar-refractivity contribution in [3.63, 3.8) is 0 Å². The van der Waals surface area contributed by atoms with Crippen LogP contribution in [0.4, 0.5) is 11.4 Å². The molecule has 12 nitrogen and oxygen atoms in total. The van der Waals surface area contributed by atoms with Crippen molar-refractivity contribution in [3.05, 3.63) is 81.4 Å². The van der Waals surface area contributed by atoms with Gasteiger partial charge in [-0.05, 0) is 92.6 Å². The lowest BCUT2D eigenvalue weighted by Gasteiger charge is -2.35. The van der Waals surface area contributed by atoms with Crippen LogP contribution < -0.4 is 4.90 Å². The third kappa shape index (κ3) is 8.23. The van der Waals surface area contributed by atoms with Crippen LogP contribution in [-0.4, -0.2) is 76.3 Å². The van der Waals surface area contributed by atoms with Gasteiger partial charge >= 0.3 is 11.9 Å². The van der Waals surface area contributed by atoms with E-state index in [-0.39, 0.29) is 22.6 Å². The summed E-state index contributed by atoms with van der Waals surface area (Å²) < 4.78 is 70.0. The van der Waals surface area contributed by atoms with Gasteiger partial charge in [-0.3, -0.25) is 18.7 Å². The molecule has 4 N–H and O–H groups in total. The summed E-state index contributed by atoms with van der Waals surface area (Å²) in [6.45, 7) is 8.81. The first-order chi connectivity index (χ1) is 25.1. The van der Waals surface area contributed by atoms with Crippen molar-refractivity contribution in [2.45, 2.75) is 99.7 Å². The summed E-state index contributed by atoms with van der Waals surface area (Å²) in [4.78, 5) is 24.8. The molecule has 0 fully saturated rings. The molecule has 2 heterocycles. The maximum Gasteiger partial charge on any atom is 0.303 e. The first kappa shape index (κ1) is 41.4. The van der Waals surface area contributed by atoms with E-state index in [1.807, 2.05) is 39.8 Å². The van der Waals surface area contributed by atoms with Crippen LogP contribution in [-0.2, 0) is 53.3 Å². The number of aliphatic carboxylic acids is 2. The molecular formula is C38H44N2O10S4. The highest BCUT2D eigenvalue weighted by Gasteiger charge is 2.46. The molecule has 2 aliphatic heterocycles. The summed E-state index contributed by atoms with van der Waals surface area (Å²) in [6.07, 6.45) is 7.62. The van der Waals surface area contributed by atoms with Gasteiger partial charge in [0.05, 0.1) is 15.2 Å². The number of hydrogen-bond donors (Lipinski definition) is 4. The van der Waals surface area contributed by atoms with E-state index < -0.39 is 43.0 Å². The van der Waals surface area contributed by atoms with Gasteiger partial charge in [-0.25, -0.2) is 0 Å². The second kappa shape index (κ2) is 15.4. The Labute approximate surface area is 326 Å². The molecule has 0 saturated carbocycles. The summed E-state index contributed by atoms with van der Waals surface area (Å²) >= 11 is 12.0. The van der Waals surface area contributed by atoms with Crippen molar-refractivity contribution in [2.75, 3.05) is 18.0 Å². The van der Waals surface area contributed by atoms with Gasteiger partial charge in [-0.2, -0.15) is 26.3 Å². The number of allylic oxidation sites excluding steroid dienone is 5. The minimum absolute atomic E-state index is 0.0583. The van der Waals surface area contributed by atoms with Gasteiger partial charge in [0, 0.05) is 65.2 Å². The zero-order valence-corrected chi connectivity index (χ0v) is 33.7. The van der Waals surface area contributed by atoms with Gasteiger partial charge in [-0.15, -0.1) is 0 Å². The summed E-state index contributed by atoms with van der Waals surface area (Å²) in [6, 6.07) is 8.96. The molecule has 2 aromatic rings. The number of fused-ring (bicyclic) bond motifs is 2. The molecule has 3 aliphatic rings. The Balaban J connectivity index is 1.55. The number of carboxylic acids is 2. The van der Waals surface area contributed by atoms with Gasteiger partial charge in [0.2, 0.25) is 5.69 Å². The second-order valence-electron chi connectivity index (χ2n) is 14.8. The van der Waals surface area contributed by atoms with Crippen molar-refractivity contribution in [1.29, 1.82) is 0 Å². The van der Waals surface area contributed by atoms with Crippen molar-refractivity contribution >= 4 is 79.0 Å². The third-order valence-electron chi connectivity index (χ3n) is 10.4. The van der Waals surface area contributed by atoms with E-state index in [4.69, 9.17) is 35.1 Å². The average Bonchev–Trinajstić information content (AvgIpc) is 3.41. The Morgan fingerprint density at radius 1 is 0.796 bits per heavy atom. The van der Waals surface area contributed by atoms with Crippen LogP contribution in [0.25, 0.3) is 0 Å². The molecule has 290 valence electrons. The Kier molecular flexibility index (Phi) is 11.8. The predicted octanol–water partition coefficient (Wildman–Crippen LogP) is 6.64. The van der Waals surface area contributed by atoms with Crippen LogP contribution in [0, 0.1) is 0 Å². The number of benzene rings is 2. The molecular weight excluding hydrogens is 773 g/mol. The highest BCUT2D eigenvalue weighted by Crippen LogP contribution is 2.50. The summed E-state index contributed by atoms with van der Waals surface area (Å²) in [5, 5.41) is 18.2. The molecule has 0 atom stereocenters. The lowest BCUT2D eigenvalue weighted by atomic mass is 9.78. The maximum atomic E-state index is 12.1. The van der Waals surface area contributed by atoms with Crippen molar-refractivity contribution in [3.8, 4) is 0 Å². The number of thiocarbonyl (C=S) groups is 1. The summed E-state index contributed by atoms with van der Waals surface area (Å²) in [5.74, 6) is -1.73. The fraction of sp³-hybridized carbons (Fsp3) is 0.421. The van der Waals surface area contributed by atoms with E-state index in [1.54, 1.807) is 12.1 Å². The van der Waals surface area contributed by atoms with Crippen LogP contribution in [0.2, 0.25) is 0 Å². The molecule has 0 bridgehead atoms. The van der Waals surface area contributed by atoms with Crippen LogP contribution in [0.1, 0.15) is 90.2 Å². The lowest BCUT2D eigenvalue weighted by molar-refractivity contribution is -0.438. The number of hydrogen-bond acceptors (Lipinski definition) is 9. The zero-order valence-electron chi connectivity index (χ0n) is 30.5. The summed E-state index contributed by atoms with van der Waals surface area (Å²) in [7, 11) is -8.94. The highest BCUT2D eigenvalue weighted by molar-refractivity contribution is 7.86. The van der Waals surface area contributed by atoms with Gasteiger partial charge < -0.3 is 27.7 Å². The number of unbranched alkanes of at least 4 members (excludes halogenated alkanes) is 4. The smallest absolute Gasteiger partial charge is 0.303 e. The van der Waals surface area contributed by atoms with Crippen molar-refractivity contribution < 1.29 is 50.3 Å². The molecule has 2 aromatic carbocycles. The number of rotatable bonds is 16. The third-order valence-corrected chi connectivity index (χ3v) is 13.0. The second-order valence-corrected chi connectivity index (χ2v) is 18.5. The topological polar surface area (TPSA) is 190 Å². The Bertz CT molecular complexity index is 2280. The van der Waals surface area contributed by atoms with E-state index >= 15 is 0 Å². The number of carbonyl (C=O) groups is 2. The molecule has 0 unspecified atom stereocenters. The molecule has 1 aliphatic carbocycles. The SMILES string of the molecule is CC1(C)C(/C=C2\C(=S)C(/C=C3/N(CCCCCC(=O)O)c4ccc(S(=O)(=O)O)cc4C3(C)C)=C2[S-])=[N+](CCCCCC(=O)O)c2ccc(S(=O)(=O)O)cc21. The van der Waals surface area contributed by atoms with Crippen molar-refractivity contribution in [2.24, 2.45) is 0 Å². The molecule has 5 rings (SSSR count). The van der Waals surface area contributed by atoms with Gasteiger partial charge in [0.25, 0.3) is 20.2 Å². The monoisotopic (exact) mass is 816 g/mol. The van der Waals surface area contributed by atoms with E-state index in [1.165, 1.54) is 24.3 Å². The Morgan fingerprint density at radius 2 is 1.35 bits per heavy atom. The molecule has 0 aromatic heterocycles. The number of nitrogens with zero attached hydrogens (tertiary/aromatic N) is 2. The normalized spacial score (nSPS) is 19.1.